The minimum Gasteiger partial charge on any atom is -0.366 e. The molecule has 0 spiro atoms. The minimum absolute atomic E-state index is 0.320. The van der Waals surface area contributed by atoms with Gasteiger partial charge in [-0.05, 0) is 50.8 Å². The number of rotatable bonds is 2. The molecule has 2 heteroatoms. The number of aryl methyl sites for hydroxylation is 1. The molecule has 0 bridgehead atoms. The van der Waals surface area contributed by atoms with E-state index in [1.165, 1.54) is 37.1 Å². The summed E-state index contributed by atoms with van der Waals surface area (Å²) in [4.78, 5) is 2.65. The molecule has 98 valence electrons. The molecule has 2 heterocycles. The van der Waals surface area contributed by atoms with Gasteiger partial charge in [0.05, 0.1) is 0 Å². The lowest BCUT2D eigenvalue weighted by Crippen LogP contribution is -2.51. The van der Waals surface area contributed by atoms with E-state index in [1.54, 1.807) is 5.56 Å². The summed E-state index contributed by atoms with van der Waals surface area (Å²) in [6.07, 6.45) is 3.73. The molecule has 2 nitrogen and oxygen atoms in total. The van der Waals surface area contributed by atoms with Crippen LogP contribution in [0.1, 0.15) is 50.8 Å². The lowest BCUT2D eigenvalue weighted by molar-refractivity contribution is 0.371. The average molecular weight is 244 g/mol. The van der Waals surface area contributed by atoms with Crippen LogP contribution in [0.15, 0.2) is 18.2 Å². The molecule has 0 fully saturated rings. The van der Waals surface area contributed by atoms with Gasteiger partial charge in [-0.15, -0.1) is 0 Å². The molecule has 1 aromatic carbocycles. The highest BCUT2D eigenvalue weighted by molar-refractivity contribution is 5.65. The first-order chi connectivity index (χ1) is 8.63. The van der Waals surface area contributed by atoms with E-state index in [9.17, 15) is 0 Å². The third-order valence-corrected chi connectivity index (χ3v) is 4.62. The van der Waals surface area contributed by atoms with E-state index >= 15 is 0 Å². The van der Waals surface area contributed by atoms with Crippen LogP contribution in [0.25, 0.3) is 0 Å². The highest BCUT2D eigenvalue weighted by Gasteiger charge is 2.37. The topological polar surface area (TPSA) is 15.3 Å². The summed E-state index contributed by atoms with van der Waals surface area (Å²) in [5.74, 6) is 0. The summed E-state index contributed by atoms with van der Waals surface area (Å²) in [6, 6.07) is 7.42. The van der Waals surface area contributed by atoms with Crippen LogP contribution in [-0.2, 0) is 6.42 Å². The Balaban J connectivity index is 2.09. The smallest absolute Gasteiger partial charge is 0.0451 e. The van der Waals surface area contributed by atoms with Crippen molar-refractivity contribution < 1.29 is 0 Å². The molecule has 1 N–H and O–H groups in total. The number of nitrogens with zero attached hydrogens (tertiary/aromatic N) is 1. The van der Waals surface area contributed by atoms with Crippen molar-refractivity contribution in [1.82, 2.24) is 5.32 Å². The van der Waals surface area contributed by atoms with Gasteiger partial charge in [0.25, 0.3) is 0 Å². The van der Waals surface area contributed by atoms with Gasteiger partial charge in [-0.3, -0.25) is 0 Å². The predicted octanol–water partition coefficient (Wildman–Crippen LogP) is 3.27. The van der Waals surface area contributed by atoms with E-state index < -0.39 is 0 Å². The zero-order valence-electron chi connectivity index (χ0n) is 11.8. The minimum atomic E-state index is 0.320. The van der Waals surface area contributed by atoms with E-state index in [0.717, 1.165) is 6.54 Å². The van der Waals surface area contributed by atoms with Crippen molar-refractivity contribution in [3.05, 3.63) is 29.3 Å². The van der Waals surface area contributed by atoms with Gasteiger partial charge in [0.2, 0.25) is 0 Å². The Kier molecular flexibility index (Phi) is 2.86. The number of para-hydroxylation sites is 1. The fraction of sp³-hybridized carbons (Fsp3) is 0.625. The van der Waals surface area contributed by atoms with Gasteiger partial charge in [-0.1, -0.05) is 25.1 Å². The van der Waals surface area contributed by atoms with Crippen LogP contribution in [0.5, 0.6) is 0 Å². The van der Waals surface area contributed by atoms with E-state index in [-0.39, 0.29) is 0 Å². The van der Waals surface area contributed by atoms with Crippen LogP contribution in [-0.4, -0.2) is 18.6 Å². The van der Waals surface area contributed by atoms with Crippen molar-refractivity contribution >= 4 is 5.69 Å². The Bertz CT molecular complexity index is 450. The standard InChI is InChI=1S/C16H24N2/c1-4-17-14-9-11-18-15-12(6-5-7-13(14)15)8-10-16(18,2)3/h5-7,14,17H,4,8-11H2,1-3H3. The number of hydrogen-bond acceptors (Lipinski definition) is 2. The van der Waals surface area contributed by atoms with Crippen LogP contribution >= 0.6 is 0 Å². The second kappa shape index (κ2) is 4.27. The Hall–Kier alpha value is -1.02. The SMILES string of the molecule is CCNC1CCN2c3c(cccc31)CCC2(C)C. The Morgan fingerprint density at radius 2 is 2.22 bits per heavy atom. The van der Waals surface area contributed by atoms with Crippen molar-refractivity contribution in [2.24, 2.45) is 0 Å². The van der Waals surface area contributed by atoms with Gasteiger partial charge in [-0.25, -0.2) is 0 Å². The lowest BCUT2D eigenvalue weighted by atomic mass is 9.81. The molecule has 3 rings (SSSR count). The summed E-state index contributed by atoms with van der Waals surface area (Å²) in [5.41, 5.74) is 4.93. The van der Waals surface area contributed by atoms with Gasteiger partial charge in [0.15, 0.2) is 0 Å². The molecule has 18 heavy (non-hydrogen) atoms. The molecule has 0 radical (unpaired) electrons. The first-order valence-corrected chi connectivity index (χ1v) is 7.26. The first-order valence-electron chi connectivity index (χ1n) is 7.26. The molecule has 1 unspecified atom stereocenters. The molecule has 0 aliphatic carbocycles. The van der Waals surface area contributed by atoms with Crippen molar-refractivity contribution in [3.8, 4) is 0 Å². The first kappa shape index (κ1) is 12.0. The monoisotopic (exact) mass is 244 g/mol. The van der Waals surface area contributed by atoms with Gasteiger partial charge < -0.3 is 10.2 Å². The highest BCUT2D eigenvalue weighted by atomic mass is 15.2. The fourth-order valence-electron chi connectivity index (χ4n) is 3.59. The second-order valence-corrected chi connectivity index (χ2v) is 6.22. The maximum absolute atomic E-state index is 3.64. The summed E-state index contributed by atoms with van der Waals surface area (Å²) in [6.45, 7) is 9.22. The average Bonchev–Trinajstić information content (AvgIpc) is 2.36. The molecular weight excluding hydrogens is 220 g/mol. The van der Waals surface area contributed by atoms with Crippen molar-refractivity contribution in [2.45, 2.75) is 51.6 Å². The van der Waals surface area contributed by atoms with Crippen LogP contribution in [0.4, 0.5) is 5.69 Å². The van der Waals surface area contributed by atoms with Crippen LogP contribution in [0.3, 0.4) is 0 Å². The van der Waals surface area contributed by atoms with Gasteiger partial charge >= 0.3 is 0 Å². The maximum atomic E-state index is 3.64. The number of hydrogen-bond donors (Lipinski definition) is 1. The maximum Gasteiger partial charge on any atom is 0.0451 e. The lowest BCUT2D eigenvalue weighted by Gasteiger charge is -2.50. The van der Waals surface area contributed by atoms with Gasteiger partial charge in [0, 0.05) is 23.8 Å². The fourth-order valence-corrected chi connectivity index (χ4v) is 3.59. The summed E-state index contributed by atoms with van der Waals surface area (Å²) >= 11 is 0. The van der Waals surface area contributed by atoms with Gasteiger partial charge in [0.1, 0.15) is 0 Å². The van der Waals surface area contributed by atoms with E-state index in [2.05, 4.69) is 49.2 Å². The quantitative estimate of drug-likeness (QED) is 0.859. The number of nitrogens with one attached hydrogen (secondary N) is 1. The van der Waals surface area contributed by atoms with Crippen molar-refractivity contribution in [1.29, 1.82) is 0 Å². The Morgan fingerprint density at radius 1 is 1.39 bits per heavy atom. The molecule has 2 aliphatic heterocycles. The third kappa shape index (κ3) is 1.74. The molecular formula is C16H24N2. The summed E-state index contributed by atoms with van der Waals surface area (Å²) in [7, 11) is 0. The Morgan fingerprint density at radius 3 is 3.00 bits per heavy atom. The third-order valence-electron chi connectivity index (χ3n) is 4.62. The molecule has 0 aromatic heterocycles. The van der Waals surface area contributed by atoms with E-state index in [1.807, 2.05) is 0 Å². The number of anilines is 1. The zero-order chi connectivity index (χ0) is 12.8. The largest absolute Gasteiger partial charge is 0.366 e. The van der Waals surface area contributed by atoms with Crippen LogP contribution in [0, 0.1) is 0 Å². The normalized spacial score (nSPS) is 24.8. The molecule has 0 saturated heterocycles. The summed E-state index contributed by atoms with van der Waals surface area (Å²) < 4.78 is 0. The highest BCUT2D eigenvalue weighted by Crippen LogP contribution is 2.44. The van der Waals surface area contributed by atoms with E-state index in [4.69, 9.17) is 0 Å². The van der Waals surface area contributed by atoms with Gasteiger partial charge in [-0.2, -0.15) is 0 Å². The molecule has 0 saturated carbocycles. The molecule has 0 amide bonds. The van der Waals surface area contributed by atoms with Crippen LogP contribution in [0.2, 0.25) is 0 Å². The van der Waals surface area contributed by atoms with Crippen molar-refractivity contribution in [2.75, 3.05) is 18.0 Å². The Labute approximate surface area is 110 Å². The zero-order valence-corrected chi connectivity index (χ0v) is 11.8. The molecule has 2 aliphatic rings. The second-order valence-electron chi connectivity index (χ2n) is 6.22. The molecule has 1 aromatic rings. The van der Waals surface area contributed by atoms with Crippen LogP contribution < -0.4 is 10.2 Å². The van der Waals surface area contributed by atoms with Crippen molar-refractivity contribution in [3.63, 3.8) is 0 Å². The summed E-state index contributed by atoms with van der Waals surface area (Å²) in [5, 5.41) is 3.64. The number of benzene rings is 1. The predicted molar refractivity (Wildman–Crippen MR) is 77.2 cm³/mol. The molecule has 1 atom stereocenters. The van der Waals surface area contributed by atoms with E-state index in [0.29, 0.717) is 11.6 Å².